The Hall–Kier alpha value is -1.72. The lowest BCUT2D eigenvalue weighted by Crippen LogP contribution is -2.15. The summed E-state index contributed by atoms with van der Waals surface area (Å²) in [5.41, 5.74) is 0.550. The van der Waals surface area contributed by atoms with Gasteiger partial charge in [0, 0.05) is 24.8 Å². The number of hydrogen-bond acceptors (Lipinski definition) is 3. The summed E-state index contributed by atoms with van der Waals surface area (Å²) in [7, 11) is 0. The Balaban J connectivity index is 1.78. The normalized spacial score (nSPS) is 14.2. The van der Waals surface area contributed by atoms with Crippen molar-refractivity contribution in [2.45, 2.75) is 25.4 Å². The highest BCUT2D eigenvalue weighted by atomic mass is 35.5. The second-order valence-electron chi connectivity index (χ2n) is 4.98. The minimum absolute atomic E-state index is 0.184. The number of rotatable bonds is 5. The van der Waals surface area contributed by atoms with Crippen molar-refractivity contribution in [1.29, 1.82) is 0 Å². The van der Waals surface area contributed by atoms with E-state index < -0.39 is 17.4 Å². The van der Waals surface area contributed by atoms with Crippen molar-refractivity contribution in [1.82, 2.24) is 10.3 Å². The highest BCUT2D eigenvalue weighted by Crippen LogP contribution is 2.29. The number of nitrogens with zero attached hydrogens (tertiary/aromatic N) is 1. The Morgan fingerprint density at radius 3 is 2.52 bits per heavy atom. The standard InChI is InChI=1S/C15H13ClF2N2O/c16-10-5-12(8-19-7-10)21-15-13(17)3-9(4-14(15)18)6-20-11-1-2-11/h3-5,7-8,11,20H,1-2,6H2. The molecule has 6 heteroatoms. The summed E-state index contributed by atoms with van der Waals surface area (Å²) >= 11 is 5.75. The fraction of sp³-hybridized carbons (Fsp3) is 0.267. The summed E-state index contributed by atoms with van der Waals surface area (Å²) < 4.78 is 33.2. The zero-order chi connectivity index (χ0) is 14.8. The fourth-order valence-corrected chi connectivity index (χ4v) is 2.09. The van der Waals surface area contributed by atoms with Gasteiger partial charge in [0.25, 0.3) is 0 Å². The SMILES string of the molecule is Fc1cc(CNC2CC2)cc(F)c1Oc1cncc(Cl)c1. The van der Waals surface area contributed by atoms with E-state index in [0.29, 0.717) is 23.2 Å². The van der Waals surface area contributed by atoms with E-state index in [2.05, 4.69) is 10.3 Å². The van der Waals surface area contributed by atoms with Gasteiger partial charge in [-0.1, -0.05) is 11.6 Å². The summed E-state index contributed by atoms with van der Waals surface area (Å²) in [6, 6.07) is 4.46. The van der Waals surface area contributed by atoms with Crippen LogP contribution in [0, 0.1) is 11.6 Å². The maximum atomic E-state index is 14.0. The third kappa shape index (κ3) is 3.68. The van der Waals surface area contributed by atoms with Gasteiger partial charge in [0.1, 0.15) is 5.75 Å². The van der Waals surface area contributed by atoms with E-state index >= 15 is 0 Å². The van der Waals surface area contributed by atoms with Gasteiger partial charge in [0.05, 0.1) is 11.2 Å². The van der Waals surface area contributed by atoms with E-state index in [0.717, 1.165) is 12.8 Å². The average molecular weight is 311 g/mol. The van der Waals surface area contributed by atoms with Crippen LogP contribution in [-0.4, -0.2) is 11.0 Å². The van der Waals surface area contributed by atoms with Crippen molar-refractivity contribution in [2.75, 3.05) is 0 Å². The van der Waals surface area contributed by atoms with Gasteiger partial charge in [-0.15, -0.1) is 0 Å². The summed E-state index contributed by atoms with van der Waals surface area (Å²) in [4.78, 5) is 3.80. The van der Waals surface area contributed by atoms with E-state index in [1.807, 2.05) is 0 Å². The van der Waals surface area contributed by atoms with E-state index in [9.17, 15) is 8.78 Å². The average Bonchev–Trinajstić information content (AvgIpc) is 3.25. The van der Waals surface area contributed by atoms with Crippen molar-refractivity contribution in [3.8, 4) is 11.5 Å². The van der Waals surface area contributed by atoms with Gasteiger partial charge < -0.3 is 10.1 Å². The summed E-state index contributed by atoms with van der Waals surface area (Å²) in [6.45, 7) is 0.442. The number of hydrogen-bond donors (Lipinski definition) is 1. The largest absolute Gasteiger partial charge is 0.449 e. The fourth-order valence-electron chi connectivity index (χ4n) is 1.93. The Labute approximate surface area is 125 Å². The third-order valence-corrected chi connectivity index (χ3v) is 3.34. The first-order chi connectivity index (χ1) is 10.1. The molecule has 3 rings (SSSR count). The topological polar surface area (TPSA) is 34.1 Å². The monoisotopic (exact) mass is 310 g/mol. The predicted octanol–water partition coefficient (Wildman–Crippen LogP) is 4.06. The first kappa shape index (κ1) is 14.2. The van der Waals surface area contributed by atoms with Crippen molar-refractivity contribution >= 4 is 11.6 Å². The van der Waals surface area contributed by atoms with Crippen molar-refractivity contribution in [3.05, 3.63) is 52.8 Å². The molecule has 1 heterocycles. The van der Waals surface area contributed by atoms with Crippen LogP contribution in [0.4, 0.5) is 8.78 Å². The summed E-state index contributed by atoms with van der Waals surface area (Å²) in [5.74, 6) is -1.76. The number of benzene rings is 1. The molecule has 0 amide bonds. The van der Waals surface area contributed by atoms with Crippen LogP contribution in [0.25, 0.3) is 0 Å². The van der Waals surface area contributed by atoms with Gasteiger partial charge >= 0.3 is 0 Å². The molecular formula is C15H13ClF2N2O. The zero-order valence-electron chi connectivity index (χ0n) is 11.1. The molecule has 0 unspecified atom stereocenters. The van der Waals surface area contributed by atoms with Gasteiger partial charge in [0.15, 0.2) is 17.4 Å². The van der Waals surface area contributed by atoms with Crippen molar-refractivity contribution < 1.29 is 13.5 Å². The molecule has 0 radical (unpaired) electrons. The van der Waals surface area contributed by atoms with Crippen LogP contribution in [-0.2, 0) is 6.54 Å². The van der Waals surface area contributed by atoms with E-state index in [1.54, 1.807) is 0 Å². The molecule has 1 aromatic heterocycles. The third-order valence-electron chi connectivity index (χ3n) is 3.13. The molecule has 1 aliphatic rings. The lowest BCUT2D eigenvalue weighted by atomic mass is 10.2. The maximum Gasteiger partial charge on any atom is 0.198 e. The molecule has 1 N–H and O–H groups in total. The quantitative estimate of drug-likeness (QED) is 0.904. The number of halogens is 3. The molecular weight excluding hydrogens is 298 g/mol. The zero-order valence-corrected chi connectivity index (χ0v) is 11.8. The van der Waals surface area contributed by atoms with Gasteiger partial charge in [-0.2, -0.15) is 0 Å². The van der Waals surface area contributed by atoms with Gasteiger partial charge in [-0.25, -0.2) is 8.78 Å². The van der Waals surface area contributed by atoms with Crippen molar-refractivity contribution in [3.63, 3.8) is 0 Å². The molecule has 1 saturated carbocycles. The number of nitrogens with one attached hydrogen (secondary N) is 1. The molecule has 0 spiro atoms. The van der Waals surface area contributed by atoms with Crippen LogP contribution in [0.2, 0.25) is 5.02 Å². The predicted molar refractivity (Wildman–Crippen MR) is 75.5 cm³/mol. The Kier molecular flexibility index (Phi) is 4.03. The molecule has 1 aliphatic carbocycles. The second kappa shape index (κ2) is 5.95. The molecule has 0 atom stereocenters. The molecule has 0 aliphatic heterocycles. The number of pyridine rings is 1. The Bertz CT molecular complexity index is 639. The van der Waals surface area contributed by atoms with Crippen LogP contribution >= 0.6 is 11.6 Å². The van der Waals surface area contributed by atoms with Crippen LogP contribution < -0.4 is 10.1 Å². The van der Waals surface area contributed by atoms with Crippen LogP contribution in [0.5, 0.6) is 11.5 Å². The van der Waals surface area contributed by atoms with Crippen molar-refractivity contribution in [2.24, 2.45) is 0 Å². The Morgan fingerprint density at radius 1 is 1.19 bits per heavy atom. The molecule has 1 fully saturated rings. The first-order valence-electron chi connectivity index (χ1n) is 6.61. The molecule has 3 nitrogen and oxygen atoms in total. The first-order valence-corrected chi connectivity index (χ1v) is 6.99. The van der Waals surface area contributed by atoms with E-state index in [4.69, 9.17) is 16.3 Å². The highest BCUT2D eigenvalue weighted by Gasteiger charge is 2.21. The molecule has 1 aromatic carbocycles. The van der Waals surface area contributed by atoms with Gasteiger partial charge in [-0.05, 0) is 30.5 Å². The smallest absolute Gasteiger partial charge is 0.198 e. The van der Waals surface area contributed by atoms with E-state index in [-0.39, 0.29) is 5.75 Å². The second-order valence-corrected chi connectivity index (χ2v) is 5.42. The number of ether oxygens (including phenoxy) is 1. The van der Waals surface area contributed by atoms with Gasteiger partial charge in [-0.3, -0.25) is 4.98 Å². The molecule has 21 heavy (non-hydrogen) atoms. The minimum atomic E-state index is -0.748. The van der Waals surface area contributed by atoms with E-state index in [1.165, 1.54) is 30.6 Å². The summed E-state index contributed by atoms with van der Waals surface area (Å²) in [6.07, 6.45) is 4.99. The lowest BCUT2D eigenvalue weighted by molar-refractivity contribution is 0.405. The highest BCUT2D eigenvalue weighted by molar-refractivity contribution is 6.30. The van der Waals surface area contributed by atoms with Gasteiger partial charge in [0.2, 0.25) is 0 Å². The minimum Gasteiger partial charge on any atom is -0.449 e. The Morgan fingerprint density at radius 2 is 1.90 bits per heavy atom. The lowest BCUT2D eigenvalue weighted by Gasteiger charge is -2.10. The molecule has 110 valence electrons. The molecule has 0 bridgehead atoms. The van der Waals surface area contributed by atoms with Crippen LogP contribution in [0.1, 0.15) is 18.4 Å². The maximum absolute atomic E-state index is 14.0. The number of aromatic nitrogens is 1. The van der Waals surface area contributed by atoms with Crippen LogP contribution in [0.3, 0.4) is 0 Å². The summed E-state index contributed by atoms with van der Waals surface area (Å²) in [5, 5.41) is 3.53. The molecule has 0 saturated heterocycles. The molecule has 2 aromatic rings. The van der Waals surface area contributed by atoms with Crippen LogP contribution in [0.15, 0.2) is 30.6 Å².